The van der Waals surface area contributed by atoms with Crippen LogP contribution in [0.3, 0.4) is 0 Å². The predicted octanol–water partition coefficient (Wildman–Crippen LogP) is 3.73. The quantitative estimate of drug-likeness (QED) is 0.856. The lowest BCUT2D eigenvalue weighted by Crippen LogP contribution is -2.24. The molecule has 0 spiro atoms. The lowest BCUT2D eigenvalue weighted by molar-refractivity contribution is 0.525. The van der Waals surface area contributed by atoms with Gasteiger partial charge in [0.2, 0.25) is 0 Å². The molecule has 0 fully saturated rings. The van der Waals surface area contributed by atoms with Crippen LogP contribution in [0.4, 0.5) is 0 Å². The Kier molecular flexibility index (Phi) is 4.90. The maximum Gasteiger partial charge on any atom is 0.0422 e. The molecule has 0 saturated carbocycles. The van der Waals surface area contributed by atoms with Crippen LogP contribution in [-0.4, -0.2) is 11.5 Å². The van der Waals surface area contributed by atoms with E-state index in [2.05, 4.69) is 53.1 Å². The van der Waals surface area contributed by atoms with Gasteiger partial charge >= 0.3 is 0 Å². The van der Waals surface area contributed by atoms with E-state index >= 15 is 0 Å². The van der Waals surface area contributed by atoms with Gasteiger partial charge in [0.1, 0.15) is 0 Å². The molecule has 2 rings (SSSR count). The summed E-state index contributed by atoms with van der Waals surface area (Å²) < 4.78 is 0. The van der Waals surface area contributed by atoms with Crippen LogP contribution in [0.5, 0.6) is 0 Å². The highest BCUT2D eigenvalue weighted by Crippen LogP contribution is 2.20. The zero-order chi connectivity index (χ0) is 12.8. The molecule has 96 valence electrons. The molecule has 0 saturated heterocycles. The number of aromatic nitrogens is 1. The van der Waals surface area contributed by atoms with Gasteiger partial charge in [0.25, 0.3) is 0 Å². The first-order valence-corrected chi connectivity index (χ1v) is 7.41. The lowest BCUT2D eigenvalue weighted by atomic mass is 10.0. The molecule has 0 aliphatic carbocycles. The monoisotopic (exact) mass is 260 g/mol. The minimum atomic E-state index is 0.381. The van der Waals surface area contributed by atoms with Gasteiger partial charge in [0, 0.05) is 24.4 Å². The molecule has 0 aliphatic heterocycles. The van der Waals surface area contributed by atoms with Crippen LogP contribution in [0, 0.1) is 6.92 Å². The van der Waals surface area contributed by atoms with Crippen LogP contribution in [0.1, 0.15) is 36.2 Å². The molecular weight excluding hydrogens is 240 g/mol. The van der Waals surface area contributed by atoms with E-state index in [1.54, 1.807) is 11.3 Å². The second-order valence-corrected chi connectivity index (χ2v) is 5.37. The van der Waals surface area contributed by atoms with Crippen molar-refractivity contribution in [2.45, 2.75) is 32.7 Å². The Labute approximate surface area is 113 Å². The summed E-state index contributed by atoms with van der Waals surface area (Å²) in [5.41, 5.74) is 3.74. The molecule has 2 aromatic heterocycles. The fourth-order valence-electron chi connectivity index (χ4n) is 1.93. The topological polar surface area (TPSA) is 24.9 Å². The summed E-state index contributed by atoms with van der Waals surface area (Å²) in [5.74, 6) is 0. The van der Waals surface area contributed by atoms with Gasteiger partial charge in [-0.05, 0) is 53.9 Å². The second-order valence-electron chi connectivity index (χ2n) is 4.59. The molecule has 0 aliphatic rings. The number of thiophene rings is 1. The number of hydrogen-bond acceptors (Lipinski definition) is 3. The molecule has 0 amide bonds. The normalized spacial score (nSPS) is 12.6. The number of aryl methyl sites for hydroxylation is 1. The van der Waals surface area contributed by atoms with Crippen molar-refractivity contribution < 1.29 is 0 Å². The Morgan fingerprint density at radius 1 is 1.33 bits per heavy atom. The predicted molar refractivity (Wildman–Crippen MR) is 78.0 cm³/mol. The summed E-state index contributed by atoms with van der Waals surface area (Å²) in [6.45, 7) is 5.32. The van der Waals surface area contributed by atoms with E-state index in [-0.39, 0.29) is 0 Å². The fourth-order valence-corrected chi connectivity index (χ4v) is 2.64. The van der Waals surface area contributed by atoms with Crippen molar-refractivity contribution in [3.63, 3.8) is 0 Å². The summed E-state index contributed by atoms with van der Waals surface area (Å²) in [6.07, 6.45) is 4.05. The molecular formula is C15H20N2S. The van der Waals surface area contributed by atoms with Gasteiger partial charge in [0.15, 0.2) is 0 Å². The van der Waals surface area contributed by atoms with Crippen molar-refractivity contribution in [3.8, 4) is 0 Å². The van der Waals surface area contributed by atoms with E-state index in [1.165, 1.54) is 11.1 Å². The molecule has 1 N–H and O–H groups in total. The van der Waals surface area contributed by atoms with Crippen LogP contribution in [-0.2, 0) is 6.42 Å². The third kappa shape index (κ3) is 3.65. The van der Waals surface area contributed by atoms with Gasteiger partial charge in [-0.25, -0.2) is 0 Å². The first kappa shape index (κ1) is 13.2. The average molecular weight is 260 g/mol. The van der Waals surface area contributed by atoms with Crippen molar-refractivity contribution in [1.82, 2.24) is 10.3 Å². The van der Waals surface area contributed by atoms with E-state index in [1.807, 2.05) is 6.20 Å². The Balaban J connectivity index is 2.07. The van der Waals surface area contributed by atoms with Crippen molar-refractivity contribution in [2.24, 2.45) is 0 Å². The second kappa shape index (κ2) is 6.66. The number of hydrogen-bond donors (Lipinski definition) is 1. The highest BCUT2D eigenvalue weighted by molar-refractivity contribution is 7.07. The van der Waals surface area contributed by atoms with Crippen molar-refractivity contribution >= 4 is 11.3 Å². The lowest BCUT2D eigenvalue weighted by Gasteiger charge is -2.17. The Hall–Kier alpha value is -1.19. The van der Waals surface area contributed by atoms with Crippen LogP contribution in [0.25, 0.3) is 0 Å². The molecule has 0 radical (unpaired) electrons. The Morgan fingerprint density at radius 3 is 2.83 bits per heavy atom. The van der Waals surface area contributed by atoms with E-state index in [0.29, 0.717) is 6.04 Å². The van der Waals surface area contributed by atoms with Gasteiger partial charge in [-0.2, -0.15) is 11.3 Å². The SMILES string of the molecule is CCCNC(Cc1ccc(C)cn1)c1ccsc1. The minimum absolute atomic E-state index is 0.381. The van der Waals surface area contributed by atoms with E-state index in [9.17, 15) is 0 Å². The molecule has 0 aromatic carbocycles. The molecule has 1 atom stereocenters. The van der Waals surface area contributed by atoms with Gasteiger partial charge in [-0.3, -0.25) is 4.98 Å². The molecule has 2 aromatic rings. The van der Waals surface area contributed by atoms with Crippen molar-refractivity contribution in [1.29, 1.82) is 0 Å². The fraction of sp³-hybridized carbons (Fsp3) is 0.400. The smallest absolute Gasteiger partial charge is 0.0422 e. The maximum absolute atomic E-state index is 4.50. The Bertz CT molecular complexity index is 448. The molecule has 2 nitrogen and oxygen atoms in total. The van der Waals surface area contributed by atoms with E-state index < -0.39 is 0 Å². The third-order valence-corrected chi connectivity index (χ3v) is 3.67. The molecule has 1 unspecified atom stereocenters. The van der Waals surface area contributed by atoms with Crippen LogP contribution < -0.4 is 5.32 Å². The molecule has 2 heterocycles. The van der Waals surface area contributed by atoms with Crippen LogP contribution in [0.2, 0.25) is 0 Å². The van der Waals surface area contributed by atoms with Gasteiger partial charge in [0.05, 0.1) is 0 Å². The number of nitrogens with zero attached hydrogens (tertiary/aromatic N) is 1. The minimum Gasteiger partial charge on any atom is -0.310 e. The highest BCUT2D eigenvalue weighted by atomic mass is 32.1. The van der Waals surface area contributed by atoms with Crippen LogP contribution >= 0.6 is 11.3 Å². The summed E-state index contributed by atoms with van der Waals surface area (Å²) in [5, 5.41) is 7.96. The van der Waals surface area contributed by atoms with Crippen LogP contribution in [0.15, 0.2) is 35.2 Å². The standard InChI is InChI=1S/C15H20N2S/c1-3-7-16-15(13-6-8-18-11-13)9-14-5-4-12(2)10-17-14/h4-6,8,10-11,15-16H,3,7,9H2,1-2H3. The molecule has 18 heavy (non-hydrogen) atoms. The highest BCUT2D eigenvalue weighted by Gasteiger charge is 2.12. The Morgan fingerprint density at radius 2 is 2.22 bits per heavy atom. The van der Waals surface area contributed by atoms with E-state index in [4.69, 9.17) is 0 Å². The third-order valence-electron chi connectivity index (χ3n) is 2.97. The molecule has 3 heteroatoms. The maximum atomic E-state index is 4.50. The number of nitrogens with one attached hydrogen (secondary N) is 1. The summed E-state index contributed by atoms with van der Waals surface area (Å²) in [4.78, 5) is 4.50. The van der Waals surface area contributed by atoms with E-state index in [0.717, 1.165) is 25.1 Å². The first-order valence-electron chi connectivity index (χ1n) is 6.46. The number of pyridine rings is 1. The van der Waals surface area contributed by atoms with Gasteiger partial charge in [-0.15, -0.1) is 0 Å². The van der Waals surface area contributed by atoms with Crippen molar-refractivity contribution in [3.05, 3.63) is 52.0 Å². The zero-order valence-corrected chi connectivity index (χ0v) is 11.8. The summed E-state index contributed by atoms with van der Waals surface area (Å²) in [7, 11) is 0. The zero-order valence-electron chi connectivity index (χ0n) is 11.0. The largest absolute Gasteiger partial charge is 0.310 e. The van der Waals surface area contributed by atoms with Crippen molar-refractivity contribution in [2.75, 3.05) is 6.54 Å². The van der Waals surface area contributed by atoms with Gasteiger partial charge in [-0.1, -0.05) is 13.0 Å². The summed E-state index contributed by atoms with van der Waals surface area (Å²) >= 11 is 1.75. The first-order chi connectivity index (χ1) is 8.79. The average Bonchev–Trinajstić information content (AvgIpc) is 2.90. The number of rotatable bonds is 6. The molecule has 0 bridgehead atoms. The summed E-state index contributed by atoms with van der Waals surface area (Å²) in [6, 6.07) is 6.84. The van der Waals surface area contributed by atoms with Gasteiger partial charge < -0.3 is 5.32 Å².